The lowest BCUT2D eigenvalue weighted by molar-refractivity contribution is 0.391. The minimum atomic E-state index is 0.534. The Balaban J connectivity index is 1.37. The number of benzene rings is 2. The van der Waals surface area contributed by atoms with Crippen molar-refractivity contribution in [2.45, 2.75) is 24.3 Å². The van der Waals surface area contributed by atoms with Crippen LogP contribution in [0.1, 0.15) is 18.4 Å². The van der Waals surface area contributed by atoms with Crippen LogP contribution >= 0.6 is 11.8 Å². The molecule has 0 atom stereocenters. The van der Waals surface area contributed by atoms with E-state index in [2.05, 4.69) is 44.4 Å². The van der Waals surface area contributed by atoms with E-state index in [0.29, 0.717) is 17.5 Å². The number of nitrogens with one attached hydrogen (secondary N) is 1. The Morgan fingerprint density at radius 1 is 1.07 bits per heavy atom. The highest BCUT2D eigenvalue weighted by Gasteiger charge is 2.14. The monoisotopic (exact) mass is 376 g/mol. The summed E-state index contributed by atoms with van der Waals surface area (Å²) >= 11 is 1.53. The van der Waals surface area contributed by atoms with Gasteiger partial charge in [-0.3, -0.25) is 4.40 Å². The van der Waals surface area contributed by atoms with Crippen LogP contribution < -0.4 is 0 Å². The minimum absolute atomic E-state index is 0.534. The van der Waals surface area contributed by atoms with Crippen LogP contribution in [-0.4, -0.2) is 29.7 Å². The van der Waals surface area contributed by atoms with Crippen LogP contribution in [0.2, 0.25) is 0 Å². The van der Waals surface area contributed by atoms with Crippen molar-refractivity contribution in [3.8, 4) is 11.4 Å². The highest BCUT2D eigenvalue weighted by atomic mass is 32.2. The van der Waals surface area contributed by atoms with Crippen LogP contribution in [0, 0.1) is 0 Å². The summed E-state index contributed by atoms with van der Waals surface area (Å²) < 4.78 is 7.41. The number of para-hydroxylation sites is 2. The van der Waals surface area contributed by atoms with E-state index in [0.717, 1.165) is 34.0 Å². The summed E-state index contributed by atoms with van der Waals surface area (Å²) in [5.41, 5.74) is 4.19. The predicted octanol–water partition coefficient (Wildman–Crippen LogP) is 4.12. The normalized spacial score (nSPS) is 11.6. The molecule has 5 aromatic rings. The molecule has 8 heteroatoms. The van der Waals surface area contributed by atoms with Gasteiger partial charge >= 0.3 is 0 Å². The molecule has 0 aliphatic carbocycles. The quantitative estimate of drug-likeness (QED) is 0.465. The molecule has 1 N–H and O–H groups in total. The Morgan fingerprint density at radius 2 is 1.93 bits per heavy atom. The maximum Gasteiger partial charge on any atom is 0.237 e. The second-order valence-electron chi connectivity index (χ2n) is 6.12. The van der Waals surface area contributed by atoms with Gasteiger partial charge in [0.05, 0.1) is 16.8 Å². The largest absolute Gasteiger partial charge is 0.338 e. The zero-order chi connectivity index (χ0) is 18.2. The molecule has 27 heavy (non-hydrogen) atoms. The first-order valence-corrected chi connectivity index (χ1v) is 9.66. The number of hydrogen-bond donors (Lipinski definition) is 1. The molecule has 3 aromatic heterocycles. The van der Waals surface area contributed by atoms with Gasteiger partial charge in [-0.05, 0) is 24.1 Å². The number of aromatic nitrogens is 6. The number of imidazole rings is 1. The standard InChI is InChI=1S/C19H16N6OS/c1-2-12-7-9-13(10-8-12)17-21-16(26-24-17)11-27-19-23-22-18-20-14-5-3-4-6-15(14)25(18)19/h3-10H,2,11H2,1H3,(H,20,22). The van der Waals surface area contributed by atoms with Crippen molar-refractivity contribution in [3.63, 3.8) is 0 Å². The van der Waals surface area contributed by atoms with Gasteiger partial charge in [-0.1, -0.05) is 60.2 Å². The molecule has 0 amide bonds. The van der Waals surface area contributed by atoms with Gasteiger partial charge in [0, 0.05) is 5.56 Å². The molecule has 7 nitrogen and oxygen atoms in total. The van der Waals surface area contributed by atoms with E-state index in [1.807, 2.05) is 40.8 Å². The van der Waals surface area contributed by atoms with E-state index < -0.39 is 0 Å². The van der Waals surface area contributed by atoms with Crippen LogP contribution in [0.3, 0.4) is 0 Å². The second-order valence-corrected chi connectivity index (χ2v) is 7.06. The molecule has 3 heterocycles. The number of aryl methyl sites for hydroxylation is 1. The van der Waals surface area contributed by atoms with E-state index in [9.17, 15) is 0 Å². The van der Waals surface area contributed by atoms with Gasteiger partial charge in [0.2, 0.25) is 17.5 Å². The Morgan fingerprint density at radius 3 is 2.78 bits per heavy atom. The van der Waals surface area contributed by atoms with Gasteiger partial charge in [0.1, 0.15) is 0 Å². The highest BCUT2D eigenvalue weighted by molar-refractivity contribution is 7.98. The third-order valence-corrected chi connectivity index (χ3v) is 5.34. The number of nitrogens with zero attached hydrogens (tertiary/aromatic N) is 5. The van der Waals surface area contributed by atoms with Gasteiger partial charge in [-0.15, -0.1) is 5.10 Å². The molecule has 0 fully saturated rings. The predicted molar refractivity (Wildman–Crippen MR) is 104 cm³/mol. The van der Waals surface area contributed by atoms with Crippen molar-refractivity contribution in [1.29, 1.82) is 0 Å². The van der Waals surface area contributed by atoms with Gasteiger partial charge in [-0.2, -0.15) is 4.98 Å². The molecular formula is C19H16N6OS. The lowest BCUT2D eigenvalue weighted by atomic mass is 10.1. The molecule has 0 aliphatic heterocycles. The van der Waals surface area contributed by atoms with Gasteiger partial charge in [0.25, 0.3) is 0 Å². The lowest BCUT2D eigenvalue weighted by Gasteiger charge is -1.97. The smallest absolute Gasteiger partial charge is 0.237 e. The Kier molecular flexibility index (Phi) is 3.90. The lowest BCUT2D eigenvalue weighted by Crippen LogP contribution is -1.88. The molecule has 0 aliphatic rings. The van der Waals surface area contributed by atoms with Crippen LogP contribution in [0.15, 0.2) is 58.2 Å². The number of aromatic amines is 1. The van der Waals surface area contributed by atoms with E-state index in [4.69, 9.17) is 4.52 Å². The van der Waals surface area contributed by atoms with Gasteiger partial charge in [0.15, 0.2) is 5.16 Å². The van der Waals surface area contributed by atoms with Gasteiger partial charge < -0.3 is 4.52 Å². The van der Waals surface area contributed by atoms with Crippen molar-refractivity contribution in [1.82, 2.24) is 29.7 Å². The van der Waals surface area contributed by atoms with E-state index >= 15 is 0 Å². The number of hydrogen-bond acceptors (Lipinski definition) is 6. The zero-order valence-corrected chi connectivity index (χ0v) is 15.4. The van der Waals surface area contributed by atoms with E-state index in [-0.39, 0.29) is 0 Å². The van der Waals surface area contributed by atoms with E-state index in [1.165, 1.54) is 17.3 Å². The molecule has 134 valence electrons. The summed E-state index contributed by atoms with van der Waals surface area (Å²) in [7, 11) is 0. The molecule has 0 unspecified atom stereocenters. The van der Waals surface area contributed by atoms with Crippen LogP contribution in [0.4, 0.5) is 0 Å². The molecular weight excluding hydrogens is 360 g/mol. The van der Waals surface area contributed by atoms with Crippen LogP contribution in [0.25, 0.3) is 28.2 Å². The molecule has 5 rings (SSSR count). The number of H-pyrrole nitrogens is 1. The molecule has 0 radical (unpaired) electrons. The van der Waals surface area contributed by atoms with Crippen molar-refractivity contribution in [2.75, 3.05) is 0 Å². The Labute approximate surface area is 158 Å². The Hall–Kier alpha value is -3.13. The number of fused-ring (bicyclic) bond motifs is 3. The maximum absolute atomic E-state index is 5.41. The van der Waals surface area contributed by atoms with Crippen LogP contribution in [0.5, 0.6) is 0 Å². The number of rotatable bonds is 5. The average molecular weight is 376 g/mol. The summed E-state index contributed by atoms with van der Waals surface area (Å²) in [6, 6.07) is 16.2. The molecule has 0 bridgehead atoms. The molecule has 0 spiro atoms. The topological polar surface area (TPSA) is 84.9 Å². The summed E-state index contributed by atoms with van der Waals surface area (Å²) in [6.07, 6.45) is 1.01. The van der Waals surface area contributed by atoms with Crippen molar-refractivity contribution in [3.05, 3.63) is 60.0 Å². The maximum atomic E-state index is 5.41. The summed E-state index contributed by atoms with van der Waals surface area (Å²) in [6.45, 7) is 2.13. The van der Waals surface area contributed by atoms with Crippen molar-refractivity contribution in [2.24, 2.45) is 0 Å². The molecule has 2 aromatic carbocycles. The van der Waals surface area contributed by atoms with Crippen LogP contribution in [-0.2, 0) is 12.2 Å². The summed E-state index contributed by atoms with van der Waals surface area (Å²) in [4.78, 5) is 9.03. The first-order chi connectivity index (χ1) is 13.3. The SMILES string of the molecule is CCc1ccc(-c2noc(CSc3n[nH]c4nc5ccccc5n34)n2)cc1. The number of thioether (sulfide) groups is 1. The average Bonchev–Trinajstić information content (AvgIpc) is 3.42. The van der Waals surface area contributed by atoms with Crippen molar-refractivity contribution >= 4 is 28.6 Å². The minimum Gasteiger partial charge on any atom is -0.338 e. The van der Waals surface area contributed by atoms with Crippen molar-refractivity contribution < 1.29 is 4.52 Å². The molecule has 0 saturated carbocycles. The fraction of sp³-hybridized carbons (Fsp3) is 0.158. The third kappa shape index (κ3) is 2.87. The molecule has 0 saturated heterocycles. The summed E-state index contributed by atoms with van der Waals surface area (Å²) in [5, 5.41) is 12.2. The third-order valence-electron chi connectivity index (χ3n) is 4.42. The summed E-state index contributed by atoms with van der Waals surface area (Å²) in [5.74, 6) is 2.43. The van der Waals surface area contributed by atoms with Gasteiger partial charge in [-0.25, -0.2) is 10.1 Å². The first-order valence-electron chi connectivity index (χ1n) is 8.68. The fourth-order valence-corrected chi connectivity index (χ4v) is 3.78. The zero-order valence-electron chi connectivity index (χ0n) is 14.6. The fourth-order valence-electron chi connectivity index (χ4n) is 2.99. The Bertz CT molecular complexity index is 1220. The second kappa shape index (κ2) is 6.55. The first kappa shape index (κ1) is 16.1. The van der Waals surface area contributed by atoms with E-state index in [1.54, 1.807) is 0 Å². The highest BCUT2D eigenvalue weighted by Crippen LogP contribution is 2.26.